The van der Waals surface area contributed by atoms with Crippen molar-refractivity contribution in [2.24, 2.45) is 5.73 Å². The van der Waals surface area contributed by atoms with Crippen LogP contribution in [0.3, 0.4) is 0 Å². The van der Waals surface area contributed by atoms with E-state index in [1.54, 1.807) is 0 Å². The van der Waals surface area contributed by atoms with Crippen LogP contribution in [0.4, 0.5) is 0 Å². The van der Waals surface area contributed by atoms with Gasteiger partial charge in [-0.05, 0) is 12.0 Å². The average molecular weight is 252 g/mol. The molecule has 0 bridgehead atoms. The van der Waals surface area contributed by atoms with Crippen LogP contribution in [0.15, 0.2) is 30.3 Å². The van der Waals surface area contributed by atoms with Gasteiger partial charge in [0.15, 0.2) is 0 Å². The molecule has 0 amide bonds. The number of benzene rings is 1. The van der Waals surface area contributed by atoms with Crippen molar-refractivity contribution in [2.75, 3.05) is 7.11 Å². The van der Waals surface area contributed by atoms with Gasteiger partial charge in [0.25, 0.3) is 0 Å². The zero-order valence-corrected chi connectivity index (χ0v) is 9.79. The predicted octanol–water partition coefficient (Wildman–Crippen LogP) is -0.498. The van der Waals surface area contributed by atoms with Crippen LogP contribution in [0.1, 0.15) is 5.56 Å². The standard InChI is InChI=1S/C10H13NO2.ClH.2H2O/c1-13-10(12)9(11)7-8-5-3-2-4-6-8;;;/h2-6,9H,7,11H2,1H3;1H;2*1H2/t9-;;;/m0.../s1. The first kappa shape index (κ1) is 20.3. The van der Waals surface area contributed by atoms with Crippen LogP contribution in [-0.2, 0) is 16.0 Å². The fourth-order valence-electron chi connectivity index (χ4n) is 1.10. The third-order valence-corrected chi connectivity index (χ3v) is 1.80. The summed E-state index contributed by atoms with van der Waals surface area (Å²) in [5.74, 6) is -0.371. The molecular weight excluding hydrogens is 234 g/mol. The number of hydrogen-bond acceptors (Lipinski definition) is 3. The molecule has 16 heavy (non-hydrogen) atoms. The first-order valence-corrected chi connectivity index (χ1v) is 4.11. The molecule has 1 atom stereocenters. The molecule has 5 nitrogen and oxygen atoms in total. The number of carbonyl (C=O) groups is 1. The van der Waals surface area contributed by atoms with Crippen molar-refractivity contribution in [1.82, 2.24) is 0 Å². The SMILES string of the molecule is COC(=O)[C@@H](N)Cc1ccccc1.Cl.O.O. The minimum absolute atomic E-state index is 0. The van der Waals surface area contributed by atoms with E-state index in [4.69, 9.17) is 5.73 Å². The van der Waals surface area contributed by atoms with Crippen molar-refractivity contribution in [3.8, 4) is 0 Å². The van der Waals surface area contributed by atoms with Crippen LogP contribution < -0.4 is 5.73 Å². The molecule has 0 unspecified atom stereocenters. The fourth-order valence-corrected chi connectivity index (χ4v) is 1.10. The Morgan fingerprint density at radius 3 is 2.25 bits per heavy atom. The Bertz CT molecular complexity index is 281. The summed E-state index contributed by atoms with van der Waals surface area (Å²) in [5.41, 5.74) is 6.63. The smallest absolute Gasteiger partial charge is 0.322 e. The molecular formula is C10H18ClNO4. The number of nitrogens with two attached hydrogens (primary N) is 1. The van der Waals surface area contributed by atoms with Crippen LogP contribution in [0, 0.1) is 0 Å². The van der Waals surface area contributed by atoms with Gasteiger partial charge in [-0.1, -0.05) is 30.3 Å². The van der Waals surface area contributed by atoms with Gasteiger partial charge in [0.1, 0.15) is 6.04 Å². The van der Waals surface area contributed by atoms with E-state index in [-0.39, 0.29) is 29.3 Å². The molecule has 94 valence electrons. The van der Waals surface area contributed by atoms with Gasteiger partial charge in [-0.2, -0.15) is 0 Å². The summed E-state index contributed by atoms with van der Waals surface area (Å²) in [6.45, 7) is 0. The van der Waals surface area contributed by atoms with Crippen LogP contribution in [-0.4, -0.2) is 30.1 Å². The molecule has 0 aliphatic rings. The zero-order valence-electron chi connectivity index (χ0n) is 8.97. The van der Waals surface area contributed by atoms with Gasteiger partial charge in [-0.25, -0.2) is 0 Å². The van der Waals surface area contributed by atoms with E-state index in [1.807, 2.05) is 30.3 Å². The monoisotopic (exact) mass is 251 g/mol. The Hall–Kier alpha value is -1.14. The minimum atomic E-state index is -0.563. The maximum absolute atomic E-state index is 11.0. The normalized spacial score (nSPS) is 9.88. The van der Waals surface area contributed by atoms with Crippen molar-refractivity contribution in [3.05, 3.63) is 35.9 Å². The average Bonchev–Trinajstić information content (AvgIpc) is 2.18. The van der Waals surface area contributed by atoms with Gasteiger partial charge in [-0.3, -0.25) is 4.79 Å². The third-order valence-electron chi connectivity index (χ3n) is 1.80. The minimum Gasteiger partial charge on any atom is -0.468 e. The highest BCUT2D eigenvalue weighted by molar-refractivity contribution is 5.85. The van der Waals surface area contributed by atoms with E-state index < -0.39 is 6.04 Å². The maximum atomic E-state index is 11.0. The number of ether oxygens (including phenoxy) is 1. The lowest BCUT2D eigenvalue weighted by atomic mass is 10.1. The zero-order chi connectivity index (χ0) is 9.68. The predicted molar refractivity (Wildman–Crippen MR) is 64.6 cm³/mol. The van der Waals surface area contributed by atoms with E-state index in [0.29, 0.717) is 6.42 Å². The molecule has 1 aromatic rings. The van der Waals surface area contributed by atoms with Crippen molar-refractivity contribution in [1.29, 1.82) is 0 Å². The largest absolute Gasteiger partial charge is 0.468 e. The van der Waals surface area contributed by atoms with Gasteiger partial charge in [0, 0.05) is 0 Å². The number of hydrogen-bond donors (Lipinski definition) is 1. The molecule has 0 radical (unpaired) electrons. The summed E-state index contributed by atoms with van der Waals surface area (Å²) >= 11 is 0. The van der Waals surface area contributed by atoms with E-state index >= 15 is 0 Å². The second kappa shape index (κ2) is 10.4. The van der Waals surface area contributed by atoms with Crippen LogP contribution in [0.5, 0.6) is 0 Å². The Balaban J connectivity index is -0.000000563. The summed E-state index contributed by atoms with van der Waals surface area (Å²) in [7, 11) is 1.34. The van der Waals surface area contributed by atoms with Gasteiger partial charge >= 0.3 is 5.97 Å². The third kappa shape index (κ3) is 6.36. The molecule has 0 saturated heterocycles. The number of carbonyl (C=O) groups excluding carboxylic acids is 1. The first-order chi connectivity index (χ1) is 6.24. The Morgan fingerprint density at radius 2 is 1.81 bits per heavy atom. The molecule has 0 aliphatic heterocycles. The molecule has 0 aromatic heterocycles. The summed E-state index contributed by atoms with van der Waals surface area (Å²) in [4.78, 5) is 11.0. The molecule has 0 spiro atoms. The summed E-state index contributed by atoms with van der Waals surface area (Å²) in [5, 5.41) is 0. The van der Waals surface area contributed by atoms with E-state index in [0.717, 1.165) is 5.56 Å². The van der Waals surface area contributed by atoms with Gasteiger partial charge in [0.05, 0.1) is 7.11 Å². The number of methoxy groups -OCH3 is 1. The second-order valence-electron chi connectivity index (χ2n) is 2.82. The molecule has 0 aliphatic carbocycles. The van der Waals surface area contributed by atoms with Crippen molar-refractivity contribution in [2.45, 2.75) is 12.5 Å². The van der Waals surface area contributed by atoms with Crippen LogP contribution in [0.25, 0.3) is 0 Å². The lowest BCUT2D eigenvalue weighted by Crippen LogP contribution is -2.33. The molecule has 6 heteroatoms. The Labute approximate surface area is 101 Å². The summed E-state index contributed by atoms with van der Waals surface area (Å²) in [6.07, 6.45) is 0.521. The number of rotatable bonds is 3. The van der Waals surface area contributed by atoms with Gasteiger partial charge in [0.2, 0.25) is 0 Å². The molecule has 1 rings (SSSR count). The fraction of sp³-hybridized carbons (Fsp3) is 0.300. The first-order valence-electron chi connectivity index (χ1n) is 4.11. The Morgan fingerprint density at radius 1 is 1.31 bits per heavy atom. The number of halogens is 1. The Kier molecular flexibility index (Phi) is 13.2. The van der Waals surface area contributed by atoms with E-state index in [9.17, 15) is 4.79 Å². The molecule has 6 N–H and O–H groups in total. The van der Waals surface area contributed by atoms with E-state index in [2.05, 4.69) is 4.74 Å². The molecule has 0 heterocycles. The van der Waals surface area contributed by atoms with Crippen LogP contribution in [0.2, 0.25) is 0 Å². The maximum Gasteiger partial charge on any atom is 0.322 e. The number of esters is 1. The van der Waals surface area contributed by atoms with Crippen molar-refractivity contribution in [3.63, 3.8) is 0 Å². The van der Waals surface area contributed by atoms with E-state index in [1.165, 1.54) is 7.11 Å². The summed E-state index contributed by atoms with van der Waals surface area (Å²) < 4.78 is 4.52. The highest BCUT2D eigenvalue weighted by Crippen LogP contribution is 2.02. The molecule has 1 aromatic carbocycles. The van der Waals surface area contributed by atoms with Gasteiger partial charge < -0.3 is 21.4 Å². The van der Waals surface area contributed by atoms with Crippen molar-refractivity contribution >= 4 is 18.4 Å². The molecule has 0 fully saturated rings. The lowest BCUT2D eigenvalue weighted by Gasteiger charge is -2.08. The lowest BCUT2D eigenvalue weighted by molar-refractivity contribution is -0.142. The van der Waals surface area contributed by atoms with Crippen molar-refractivity contribution < 1.29 is 20.5 Å². The van der Waals surface area contributed by atoms with Gasteiger partial charge in [-0.15, -0.1) is 12.4 Å². The topological polar surface area (TPSA) is 115 Å². The quantitative estimate of drug-likeness (QED) is 0.730. The highest BCUT2D eigenvalue weighted by Gasteiger charge is 2.13. The second-order valence-corrected chi connectivity index (χ2v) is 2.82. The molecule has 0 saturated carbocycles. The van der Waals surface area contributed by atoms with Crippen LogP contribution >= 0.6 is 12.4 Å². The summed E-state index contributed by atoms with van der Waals surface area (Å²) in [6, 6.07) is 9.06. The highest BCUT2D eigenvalue weighted by atomic mass is 35.5.